The largest absolute Gasteiger partial charge is 0.454 e. The van der Waals surface area contributed by atoms with Crippen LogP contribution in [0.1, 0.15) is 29.5 Å². The van der Waals surface area contributed by atoms with E-state index in [1.807, 2.05) is 6.92 Å². The summed E-state index contributed by atoms with van der Waals surface area (Å²) in [5.74, 6) is -2.56. The van der Waals surface area contributed by atoms with Crippen molar-refractivity contribution in [3.05, 3.63) is 52.0 Å². The molecule has 0 bridgehead atoms. The number of rotatable bonds is 5. The van der Waals surface area contributed by atoms with Gasteiger partial charge in [-0.15, -0.1) is 0 Å². The van der Waals surface area contributed by atoms with Crippen molar-refractivity contribution in [3.63, 3.8) is 0 Å². The molecule has 0 aromatic heterocycles. The summed E-state index contributed by atoms with van der Waals surface area (Å²) in [7, 11) is 0. The van der Waals surface area contributed by atoms with Gasteiger partial charge in [-0.2, -0.15) is 0 Å². The van der Waals surface area contributed by atoms with E-state index in [-0.39, 0.29) is 26.2 Å². The predicted octanol–water partition coefficient (Wildman–Crippen LogP) is 1.56. The number of ether oxygens (including phenoxy) is 2. The first-order chi connectivity index (χ1) is 17.2. The highest BCUT2D eigenvalue weighted by atomic mass is 35.5. The Hall–Kier alpha value is -3.63. The van der Waals surface area contributed by atoms with Gasteiger partial charge in [0.2, 0.25) is 30.4 Å². The SMILES string of the molecule is Cc1cc(Cl)c2c(c1)[C@]1(N[C@@H](CCC(N)=O)[C@H]3C(=O)N(Cc4ccc5c(c4)OCO5)C(=O)[C@@H]31)C(=O)N2. The summed E-state index contributed by atoms with van der Waals surface area (Å²) < 4.78 is 10.8. The van der Waals surface area contributed by atoms with Crippen LogP contribution in [-0.4, -0.2) is 41.4 Å². The van der Waals surface area contributed by atoms with Crippen molar-refractivity contribution >= 4 is 40.9 Å². The number of anilines is 1. The van der Waals surface area contributed by atoms with Crippen LogP contribution in [0, 0.1) is 18.8 Å². The summed E-state index contributed by atoms with van der Waals surface area (Å²) in [5.41, 5.74) is 6.34. The molecule has 4 aliphatic heterocycles. The molecular weight excluding hydrogens is 488 g/mol. The second-order valence-corrected chi connectivity index (χ2v) is 10.0. The number of carbonyl (C=O) groups is 4. The molecule has 4 atom stereocenters. The van der Waals surface area contributed by atoms with Gasteiger partial charge in [0.05, 0.1) is 29.1 Å². The minimum Gasteiger partial charge on any atom is -0.454 e. The average Bonchev–Trinajstić information content (AvgIpc) is 3.55. The summed E-state index contributed by atoms with van der Waals surface area (Å²) in [6.45, 7) is 1.97. The topological polar surface area (TPSA) is 140 Å². The Bertz CT molecular complexity index is 1360. The molecule has 2 fully saturated rings. The Balaban J connectivity index is 1.42. The van der Waals surface area contributed by atoms with Gasteiger partial charge in [-0.3, -0.25) is 29.4 Å². The molecule has 2 saturated heterocycles. The van der Waals surface area contributed by atoms with E-state index in [1.54, 1.807) is 30.3 Å². The molecule has 1 spiro atoms. The summed E-state index contributed by atoms with van der Waals surface area (Å²) in [4.78, 5) is 53.9. The fourth-order valence-electron chi connectivity index (χ4n) is 5.98. The first-order valence-electron chi connectivity index (χ1n) is 11.6. The monoisotopic (exact) mass is 510 g/mol. The van der Waals surface area contributed by atoms with Gasteiger partial charge in [-0.25, -0.2) is 0 Å². The number of aryl methyl sites for hydroxylation is 1. The quantitative estimate of drug-likeness (QED) is 0.518. The highest BCUT2D eigenvalue weighted by Crippen LogP contribution is 2.55. The Morgan fingerprint density at radius 3 is 2.72 bits per heavy atom. The number of nitrogens with zero attached hydrogens (tertiary/aromatic N) is 1. The lowest BCUT2D eigenvalue weighted by Gasteiger charge is -2.29. The summed E-state index contributed by atoms with van der Waals surface area (Å²) >= 11 is 6.44. The van der Waals surface area contributed by atoms with Gasteiger partial charge in [0.15, 0.2) is 11.5 Å². The lowest BCUT2D eigenvalue weighted by atomic mass is 9.76. The van der Waals surface area contributed by atoms with Gasteiger partial charge in [0.1, 0.15) is 5.54 Å². The number of fused-ring (bicyclic) bond motifs is 5. The van der Waals surface area contributed by atoms with E-state index in [0.29, 0.717) is 33.3 Å². The van der Waals surface area contributed by atoms with Crippen LogP contribution in [-0.2, 0) is 31.3 Å². The zero-order valence-corrected chi connectivity index (χ0v) is 20.1. The number of benzene rings is 2. The third-order valence-corrected chi connectivity index (χ3v) is 7.79. The van der Waals surface area contributed by atoms with Crippen LogP contribution < -0.4 is 25.8 Å². The molecule has 10 nitrogen and oxygen atoms in total. The smallest absolute Gasteiger partial charge is 0.250 e. The third-order valence-electron chi connectivity index (χ3n) is 7.49. The molecule has 4 N–H and O–H groups in total. The average molecular weight is 511 g/mol. The van der Waals surface area contributed by atoms with E-state index in [0.717, 1.165) is 5.56 Å². The number of imide groups is 1. The van der Waals surface area contributed by atoms with Gasteiger partial charge in [-0.1, -0.05) is 23.7 Å². The predicted molar refractivity (Wildman–Crippen MR) is 127 cm³/mol. The van der Waals surface area contributed by atoms with Crippen LogP contribution in [0.4, 0.5) is 5.69 Å². The number of carbonyl (C=O) groups excluding carboxylic acids is 4. The maximum Gasteiger partial charge on any atom is 0.250 e. The first kappa shape index (κ1) is 22.8. The zero-order valence-electron chi connectivity index (χ0n) is 19.3. The Labute approximate surface area is 211 Å². The minimum atomic E-state index is -1.49. The second kappa shape index (κ2) is 7.94. The van der Waals surface area contributed by atoms with Crippen molar-refractivity contribution in [2.24, 2.45) is 17.6 Å². The molecule has 2 aromatic carbocycles. The molecule has 6 rings (SSSR count). The number of hydrogen-bond donors (Lipinski definition) is 3. The molecule has 186 valence electrons. The van der Waals surface area contributed by atoms with Crippen LogP contribution in [0.2, 0.25) is 5.02 Å². The molecule has 0 aliphatic carbocycles. The van der Waals surface area contributed by atoms with Crippen LogP contribution in [0.25, 0.3) is 0 Å². The number of nitrogens with two attached hydrogens (primary N) is 1. The number of likely N-dealkylation sites (tertiary alicyclic amines) is 1. The van der Waals surface area contributed by atoms with Crippen LogP contribution in [0.3, 0.4) is 0 Å². The molecule has 36 heavy (non-hydrogen) atoms. The lowest BCUT2D eigenvalue weighted by Crippen LogP contribution is -2.53. The lowest BCUT2D eigenvalue weighted by molar-refractivity contribution is -0.143. The molecule has 4 aliphatic rings. The molecule has 0 unspecified atom stereocenters. The summed E-state index contributed by atoms with van der Waals surface area (Å²) in [6, 6.07) is 8.14. The fourth-order valence-corrected chi connectivity index (χ4v) is 6.30. The number of halogens is 1. The van der Waals surface area contributed by atoms with Gasteiger partial charge in [0, 0.05) is 18.0 Å². The normalized spacial score (nSPS) is 27.6. The first-order valence-corrected chi connectivity index (χ1v) is 12.0. The second-order valence-electron chi connectivity index (χ2n) is 9.64. The number of hydrogen-bond acceptors (Lipinski definition) is 7. The van der Waals surface area contributed by atoms with Crippen molar-refractivity contribution in [1.82, 2.24) is 10.2 Å². The van der Waals surface area contributed by atoms with Crippen LogP contribution in [0.15, 0.2) is 30.3 Å². The van der Waals surface area contributed by atoms with Crippen LogP contribution in [0.5, 0.6) is 11.5 Å². The zero-order chi connectivity index (χ0) is 25.4. The van der Waals surface area contributed by atoms with Crippen molar-refractivity contribution in [3.8, 4) is 11.5 Å². The Morgan fingerprint density at radius 2 is 1.94 bits per heavy atom. The molecule has 0 radical (unpaired) electrons. The van der Waals surface area contributed by atoms with Gasteiger partial charge < -0.3 is 20.5 Å². The van der Waals surface area contributed by atoms with Crippen molar-refractivity contribution in [1.29, 1.82) is 0 Å². The van der Waals surface area contributed by atoms with E-state index in [1.165, 1.54) is 4.90 Å². The van der Waals surface area contributed by atoms with Crippen molar-refractivity contribution < 1.29 is 28.7 Å². The fraction of sp³-hybridized carbons (Fsp3) is 0.360. The maximum absolute atomic E-state index is 13.9. The number of amides is 4. The number of primary amides is 1. The molecule has 11 heteroatoms. The molecular formula is C25H23ClN4O6. The Morgan fingerprint density at radius 1 is 1.17 bits per heavy atom. The molecule has 4 amide bonds. The van der Waals surface area contributed by atoms with E-state index in [4.69, 9.17) is 26.8 Å². The highest BCUT2D eigenvalue weighted by molar-refractivity contribution is 6.35. The van der Waals surface area contributed by atoms with Crippen molar-refractivity contribution in [2.45, 2.75) is 37.9 Å². The van der Waals surface area contributed by atoms with Crippen molar-refractivity contribution in [2.75, 3.05) is 12.1 Å². The van der Waals surface area contributed by atoms with E-state index in [2.05, 4.69) is 10.6 Å². The Kier molecular flexibility index (Phi) is 5.03. The van der Waals surface area contributed by atoms with E-state index in [9.17, 15) is 19.2 Å². The maximum atomic E-state index is 13.9. The third kappa shape index (κ3) is 3.14. The molecule has 2 aromatic rings. The van der Waals surface area contributed by atoms with Gasteiger partial charge in [-0.05, 0) is 42.7 Å². The van der Waals surface area contributed by atoms with Crippen LogP contribution >= 0.6 is 11.6 Å². The molecule has 0 saturated carbocycles. The minimum absolute atomic E-state index is 0.00362. The van der Waals surface area contributed by atoms with E-state index < -0.39 is 47.0 Å². The summed E-state index contributed by atoms with van der Waals surface area (Å²) in [5, 5.41) is 6.44. The summed E-state index contributed by atoms with van der Waals surface area (Å²) in [6.07, 6.45) is 0.209. The number of nitrogens with one attached hydrogen (secondary N) is 2. The van der Waals surface area contributed by atoms with Gasteiger partial charge >= 0.3 is 0 Å². The standard InChI is InChI=1S/C25H23ClN4O6/c1-11-6-13-21(14(26)7-11)28-24(34)25(13)20-19(15(29-25)3-5-18(27)31)22(32)30(23(20)33)9-12-2-4-16-17(8-12)36-10-35-16/h2,4,6-8,15,19-20,29H,3,5,9-10H2,1H3,(H2,27,31)(H,28,34)/t15-,19+,20+,25+/m0/s1. The molecule has 4 heterocycles. The van der Waals surface area contributed by atoms with E-state index >= 15 is 0 Å². The highest BCUT2D eigenvalue weighted by Gasteiger charge is 2.70. The van der Waals surface area contributed by atoms with Gasteiger partial charge in [0.25, 0.3) is 0 Å².